The van der Waals surface area contributed by atoms with Gasteiger partial charge in [0.05, 0.1) is 5.75 Å². The average Bonchev–Trinajstić information content (AvgIpc) is 2.73. The maximum absolute atomic E-state index is 13.2. The van der Waals surface area contributed by atoms with E-state index in [1.807, 2.05) is 0 Å². The molecule has 0 aromatic heterocycles. The van der Waals surface area contributed by atoms with Gasteiger partial charge in [-0.3, -0.25) is 14.4 Å². The van der Waals surface area contributed by atoms with E-state index in [9.17, 15) is 23.2 Å². The van der Waals surface area contributed by atoms with Gasteiger partial charge in [0.25, 0.3) is 0 Å². The molecule has 1 aliphatic carbocycles. The summed E-state index contributed by atoms with van der Waals surface area (Å²) in [5.41, 5.74) is 1.61. The lowest BCUT2D eigenvalue weighted by Crippen LogP contribution is -2.21. The van der Waals surface area contributed by atoms with Gasteiger partial charge in [-0.1, -0.05) is 24.3 Å². The highest BCUT2D eigenvalue weighted by Gasteiger charge is 2.29. The monoisotopic (exact) mass is 409 g/mol. The quantitative estimate of drug-likeness (QED) is 0.505. The second-order valence-electron chi connectivity index (χ2n) is 6.38. The molecule has 3 aromatic rings. The van der Waals surface area contributed by atoms with Crippen molar-refractivity contribution >= 4 is 34.9 Å². The van der Waals surface area contributed by atoms with E-state index in [1.54, 1.807) is 30.3 Å². The van der Waals surface area contributed by atoms with E-state index in [2.05, 4.69) is 5.32 Å². The molecule has 0 saturated heterocycles. The van der Waals surface area contributed by atoms with E-state index < -0.39 is 11.6 Å². The molecule has 4 nitrogen and oxygen atoms in total. The first kappa shape index (κ1) is 19.0. The molecule has 0 atom stereocenters. The predicted molar refractivity (Wildman–Crippen MR) is 105 cm³/mol. The van der Waals surface area contributed by atoms with Crippen LogP contribution in [0.5, 0.6) is 0 Å². The van der Waals surface area contributed by atoms with Crippen LogP contribution in [-0.4, -0.2) is 23.2 Å². The summed E-state index contributed by atoms with van der Waals surface area (Å²) >= 11 is 1.05. The van der Waals surface area contributed by atoms with Crippen LogP contribution >= 0.6 is 11.8 Å². The zero-order valence-corrected chi connectivity index (χ0v) is 15.7. The van der Waals surface area contributed by atoms with Crippen molar-refractivity contribution in [1.29, 1.82) is 0 Å². The van der Waals surface area contributed by atoms with Crippen LogP contribution in [0.4, 0.5) is 14.5 Å². The minimum absolute atomic E-state index is 0.0299. The number of rotatable bonds is 4. The number of halogens is 2. The van der Waals surface area contributed by atoms with Gasteiger partial charge in [0.2, 0.25) is 5.91 Å². The van der Waals surface area contributed by atoms with Crippen LogP contribution in [0.3, 0.4) is 0 Å². The van der Waals surface area contributed by atoms with Gasteiger partial charge in [-0.25, -0.2) is 8.78 Å². The van der Waals surface area contributed by atoms with Gasteiger partial charge < -0.3 is 5.32 Å². The minimum atomic E-state index is -0.978. The molecule has 1 N–H and O–H groups in total. The van der Waals surface area contributed by atoms with Crippen molar-refractivity contribution < 1.29 is 23.2 Å². The third-order valence-electron chi connectivity index (χ3n) is 4.47. The van der Waals surface area contributed by atoms with Crippen LogP contribution < -0.4 is 5.32 Å². The van der Waals surface area contributed by atoms with Gasteiger partial charge in [0.15, 0.2) is 23.2 Å². The number of amides is 1. The maximum atomic E-state index is 13.2. The number of thioether (sulfide) groups is 1. The Kier molecular flexibility index (Phi) is 4.98. The molecule has 0 fully saturated rings. The lowest BCUT2D eigenvalue weighted by atomic mass is 9.84. The predicted octanol–water partition coefficient (Wildman–Crippen LogP) is 4.47. The third-order valence-corrected chi connectivity index (χ3v) is 5.46. The third kappa shape index (κ3) is 3.69. The zero-order valence-electron chi connectivity index (χ0n) is 14.9. The number of hydrogen-bond donors (Lipinski definition) is 1. The molecule has 0 spiro atoms. The highest BCUT2D eigenvalue weighted by molar-refractivity contribution is 8.00. The highest BCUT2D eigenvalue weighted by Crippen LogP contribution is 2.29. The molecular formula is C22H13F2NO3S. The summed E-state index contributed by atoms with van der Waals surface area (Å²) in [5, 5.41) is 2.66. The Bertz CT molecular complexity index is 1180. The van der Waals surface area contributed by atoms with E-state index in [1.165, 1.54) is 18.2 Å². The SMILES string of the molecule is O=C(CSc1ccc(F)c(F)c1)Nc1ccc2c(c1)C(=O)c1ccccc1C2=O. The Hall–Kier alpha value is -3.32. The van der Waals surface area contributed by atoms with Crippen LogP contribution in [0.15, 0.2) is 65.6 Å². The molecule has 0 bridgehead atoms. The largest absolute Gasteiger partial charge is 0.325 e. The molecule has 1 aliphatic rings. The van der Waals surface area contributed by atoms with Gasteiger partial charge in [-0.15, -0.1) is 11.8 Å². The van der Waals surface area contributed by atoms with Crippen molar-refractivity contribution in [2.75, 3.05) is 11.1 Å². The molecular weight excluding hydrogens is 396 g/mol. The van der Waals surface area contributed by atoms with Crippen LogP contribution in [-0.2, 0) is 4.79 Å². The Balaban J connectivity index is 1.49. The van der Waals surface area contributed by atoms with Crippen molar-refractivity contribution in [1.82, 2.24) is 0 Å². The normalized spacial score (nSPS) is 12.3. The number of fused-ring (bicyclic) bond motifs is 2. The molecule has 29 heavy (non-hydrogen) atoms. The average molecular weight is 409 g/mol. The topological polar surface area (TPSA) is 63.2 Å². The van der Waals surface area contributed by atoms with Crippen molar-refractivity contribution in [3.8, 4) is 0 Å². The Labute approximate surface area is 168 Å². The minimum Gasteiger partial charge on any atom is -0.325 e. The molecule has 144 valence electrons. The molecule has 4 rings (SSSR count). The molecule has 3 aromatic carbocycles. The molecule has 1 amide bonds. The smallest absolute Gasteiger partial charge is 0.234 e. The van der Waals surface area contributed by atoms with E-state index in [4.69, 9.17) is 0 Å². The summed E-state index contributed by atoms with van der Waals surface area (Å²) in [6.07, 6.45) is 0. The van der Waals surface area contributed by atoms with Crippen molar-refractivity contribution in [2.24, 2.45) is 0 Å². The fraction of sp³-hybridized carbons (Fsp3) is 0.0455. The number of hydrogen-bond acceptors (Lipinski definition) is 4. The second-order valence-corrected chi connectivity index (χ2v) is 7.43. The standard InChI is InChI=1S/C22H13F2NO3S/c23-18-8-6-13(10-19(18)24)29-11-20(26)25-12-5-7-16-17(9-12)22(28)15-4-2-1-3-14(15)21(16)27/h1-10H,11H2,(H,25,26). The van der Waals surface area contributed by atoms with Crippen LogP contribution in [0.1, 0.15) is 31.8 Å². The number of ketones is 2. The van der Waals surface area contributed by atoms with Gasteiger partial charge in [-0.2, -0.15) is 0 Å². The van der Waals surface area contributed by atoms with Gasteiger partial charge in [-0.05, 0) is 36.4 Å². The van der Waals surface area contributed by atoms with E-state index in [0.29, 0.717) is 27.3 Å². The molecule has 0 saturated carbocycles. The molecule has 0 aliphatic heterocycles. The number of carbonyl (C=O) groups excluding carboxylic acids is 3. The highest BCUT2D eigenvalue weighted by atomic mass is 32.2. The lowest BCUT2D eigenvalue weighted by Gasteiger charge is -2.18. The first-order valence-electron chi connectivity index (χ1n) is 8.64. The van der Waals surface area contributed by atoms with Crippen molar-refractivity contribution in [2.45, 2.75) is 4.90 Å². The molecule has 7 heteroatoms. The lowest BCUT2D eigenvalue weighted by molar-refractivity contribution is -0.113. The maximum Gasteiger partial charge on any atom is 0.234 e. The first-order chi connectivity index (χ1) is 13.9. The van der Waals surface area contributed by atoms with Crippen molar-refractivity contribution in [3.63, 3.8) is 0 Å². The van der Waals surface area contributed by atoms with Crippen LogP contribution in [0.2, 0.25) is 0 Å². The summed E-state index contributed by atoms with van der Waals surface area (Å²) < 4.78 is 26.2. The first-order valence-corrected chi connectivity index (χ1v) is 9.63. The van der Waals surface area contributed by atoms with Crippen LogP contribution in [0, 0.1) is 11.6 Å². The Morgan fingerprint density at radius 3 is 2.14 bits per heavy atom. The number of nitrogens with one attached hydrogen (secondary N) is 1. The Morgan fingerprint density at radius 1 is 0.793 bits per heavy atom. The van der Waals surface area contributed by atoms with E-state index >= 15 is 0 Å². The van der Waals surface area contributed by atoms with E-state index in [0.717, 1.165) is 23.9 Å². The number of anilines is 1. The fourth-order valence-corrected chi connectivity index (χ4v) is 3.81. The number of carbonyl (C=O) groups is 3. The Morgan fingerprint density at radius 2 is 1.45 bits per heavy atom. The van der Waals surface area contributed by atoms with Crippen molar-refractivity contribution in [3.05, 3.63) is 94.6 Å². The summed E-state index contributed by atoms with van der Waals surface area (Å²) in [6.45, 7) is 0. The summed E-state index contributed by atoms with van der Waals surface area (Å²) in [4.78, 5) is 37.9. The second kappa shape index (κ2) is 7.60. The summed E-state index contributed by atoms with van der Waals surface area (Å²) in [6, 6.07) is 14.6. The van der Waals surface area contributed by atoms with Gasteiger partial charge in [0, 0.05) is 32.8 Å². The van der Waals surface area contributed by atoms with Crippen LogP contribution in [0.25, 0.3) is 0 Å². The zero-order chi connectivity index (χ0) is 20.5. The number of benzene rings is 3. The molecule has 0 radical (unpaired) electrons. The summed E-state index contributed by atoms with van der Waals surface area (Å²) in [5.74, 6) is -2.85. The fourth-order valence-electron chi connectivity index (χ4n) is 3.09. The van der Waals surface area contributed by atoms with Gasteiger partial charge >= 0.3 is 0 Å². The molecule has 0 heterocycles. The van der Waals surface area contributed by atoms with E-state index in [-0.39, 0.29) is 28.8 Å². The summed E-state index contributed by atoms with van der Waals surface area (Å²) in [7, 11) is 0. The van der Waals surface area contributed by atoms with Gasteiger partial charge in [0.1, 0.15) is 0 Å². The molecule has 0 unspecified atom stereocenters.